The number of hydrogen-bond donors (Lipinski definition) is 1. The first-order valence-electron chi connectivity index (χ1n) is 5.97. The molecule has 1 aromatic carbocycles. The monoisotopic (exact) mass is 214 g/mol. The third-order valence-electron chi connectivity index (χ3n) is 3.55. The number of nitrogens with one attached hydrogen (secondary N) is 1. The average Bonchev–Trinajstić information content (AvgIpc) is 2.74. The predicted octanol–water partition coefficient (Wildman–Crippen LogP) is 2.98. The first kappa shape index (κ1) is 11.2. The summed E-state index contributed by atoms with van der Waals surface area (Å²) in [5.41, 5.74) is 2.18. The number of nitrogens with zero attached hydrogens (tertiary/aromatic N) is 1. The van der Waals surface area contributed by atoms with Gasteiger partial charge in [-0.3, -0.25) is 0 Å². The van der Waals surface area contributed by atoms with Crippen molar-refractivity contribution in [2.45, 2.75) is 44.7 Å². The van der Waals surface area contributed by atoms with E-state index in [9.17, 15) is 0 Å². The maximum Gasteiger partial charge on any atom is 0.0995 e. The second-order valence-electron chi connectivity index (χ2n) is 4.89. The van der Waals surface area contributed by atoms with E-state index in [1.165, 1.54) is 25.7 Å². The van der Waals surface area contributed by atoms with Crippen molar-refractivity contribution in [1.29, 1.82) is 5.26 Å². The molecule has 1 aliphatic carbocycles. The summed E-state index contributed by atoms with van der Waals surface area (Å²) in [6, 6.07) is 10.1. The molecule has 2 rings (SSSR count). The fraction of sp³-hybridized carbons (Fsp3) is 0.500. The molecule has 0 aliphatic heterocycles. The Morgan fingerprint density at radius 3 is 2.69 bits per heavy atom. The van der Waals surface area contributed by atoms with E-state index in [1.54, 1.807) is 0 Å². The van der Waals surface area contributed by atoms with Crippen LogP contribution in [0.4, 0.5) is 0 Å². The topological polar surface area (TPSA) is 35.8 Å². The van der Waals surface area contributed by atoms with Crippen LogP contribution in [0.2, 0.25) is 0 Å². The van der Waals surface area contributed by atoms with Crippen LogP contribution in [0.3, 0.4) is 0 Å². The second-order valence-corrected chi connectivity index (χ2v) is 4.89. The molecule has 0 amide bonds. The van der Waals surface area contributed by atoms with Gasteiger partial charge < -0.3 is 5.32 Å². The quantitative estimate of drug-likeness (QED) is 0.839. The lowest BCUT2D eigenvalue weighted by Crippen LogP contribution is -2.38. The van der Waals surface area contributed by atoms with Gasteiger partial charge in [0.15, 0.2) is 0 Å². The third-order valence-corrected chi connectivity index (χ3v) is 3.55. The molecular weight excluding hydrogens is 196 g/mol. The van der Waals surface area contributed by atoms with Gasteiger partial charge in [0.2, 0.25) is 0 Å². The van der Waals surface area contributed by atoms with Crippen molar-refractivity contribution < 1.29 is 0 Å². The summed E-state index contributed by atoms with van der Waals surface area (Å²) in [6.45, 7) is 3.09. The van der Waals surface area contributed by atoms with E-state index in [-0.39, 0.29) is 5.54 Å². The van der Waals surface area contributed by atoms with E-state index in [0.29, 0.717) is 0 Å². The van der Waals surface area contributed by atoms with E-state index in [4.69, 9.17) is 5.26 Å². The number of nitriles is 1. The lowest BCUT2D eigenvalue weighted by molar-refractivity contribution is 0.362. The van der Waals surface area contributed by atoms with Crippen LogP contribution in [0.1, 0.15) is 43.7 Å². The van der Waals surface area contributed by atoms with Crippen LogP contribution in [0.25, 0.3) is 0 Å². The van der Waals surface area contributed by atoms with Crippen molar-refractivity contribution in [3.63, 3.8) is 0 Å². The lowest BCUT2D eigenvalue weighted by Gasteiger charge is -2.25. The van der Waals surface area contributed by atoms with Crippen LogP contribution in [0.15, 0.2) is 24.3 Å². The summed E-state index contributed by atoms with van der Waals surface area (Å²) in [6.07, 6.45) is 5.15. The van der Waals surface area contributed by atoms with E-state index in [0.717, 1.165) is 17.7 Å². The molecule has 0 saturated heterocycles. The van der Waals surface area contributed by atoms with Crippen molar-refractivity contribution >= 4 is 0 Å². The van der Waals surface area contributed by atoms with Crippen LogP contribution in [0, 0.1) is 11.3 Å². The standard InChI is InChI=1S/C14H18N2/c1-14(8-4-5-9-14)16-11-13-7-3-2-6-12(13)10-15/h2-3,6-7,16H,4-5,8-9,11H2,1H3. The second kappa shape index (κ2) is 4.67. The molecule has 0 aromatic heterocycles. The molecule has 0 bridgehead atoms. The SMILES string of the molecule is CC1(NCc2ccccc2C#N)CCCC1. The number of rotatable bonds is 3. The fourth-order valence-corrected chi connectivity index (χ4v) is 2.42. The van der Waals surface area contributed by atoms with Crippen LogP contribution >= 0.6 is 0 Å². The summed E-state index contributed by atoms with van der Waals surface area (Å²) < 4.78 is 0. The van der Waals surface area contributed by atoms with Gasteiger partial charge in [0.25, 0.3) is 0 Å². The Hall–Kier alpha value is -1.33. The highest BCUT2D eigenvalue weighted by molar-refractivity contribution is 5.37. The van der Waals surface area contributed by atoms with Gasteiger partial charge in [0.05, 0.1) is 11.6 Å². The van der Waals surface area contributed by atoms with Gasteiger partial charge in [0.1, 0.15) is 0 Å². The molecule has 1 saturated carbocycles. The minimum absolute atomic E-state index is 0.280. The molecule has 1 aromatic rings. The maximum absolute atomic E-state index is 9.00. The highest BCUT2D eigenvalue weighted by atomic mass is 15.0. The minimum Gasteiger partial charge on any atom is -0.307 e. The van der Waals surface area contributed by atoms with Gasteiger partial charge in [-0.1, -0.05) is 31.0 Å². The third kappa shape index (κ3) is 2.43. The van der Waals surface area contributed by atoms with E-state index >= 15 is 0 Å². The van der Waals surface area contributed by atoms with Crippen molar-refractivity contribution in [2.24, 2.45) is 0 Å². The molecule has 0 spiro atoms. The summed E-state index contributed by atoms with van der Waals surface area (Å²) in [7, 11) is 0. The highest BCUT2D eigenvalue weighted by Gasteiger charge is 2.27. The zero-order valence-corrected chi connectivity index (χ0v) is 9.79. The molecule has 0 atom stereocenters. The van der Waals surface area contributed by atoms with Crippen molar-refractivity contribution in [3.05, 3.63) is 35.4 Å². The Morgan fingerprint density at radius 1 is 1.31 bits per heavy atom. The van der Waals surface area contributed by atoms with Gasteiger partial charge in [-0.05, 0) is 31.4 Å². The summed E-state index contributed by atoms with van der Waals surface area (Å²) >= 11 is 0. The molecule has 84 valence electrons. The normalized spacial score (nSPS) is 18.2. The van der Waals surface area contributed by atoms with Crippen LogP contribution < -0.4 is 5.32 Å². The molecule has 1 aliphatic rings. The molecule has 1 N–H and O–H groups in total. The Bertz CT molecular complexity index is 397. The first-order chi connectivity index (χ1) is 7.73. The molecule has 0 unspecified atom stereocenters. The average molecular weight is 214 g/mol. The van der Waals surface area contributed by atoms with Crippen LogP contribution in [-0.4, -0.2) is 5.54 Å². The smallest absolute Gasteiger partial charge is 0.0995 e. The molecule has 16 heavy (non-hydrogen) atoms. The molecule has 1 fully saturated rings. The predicted molar refractivity (Wildman–Crippen MR) is 64.9 cm³/mol. The Morgan fingerprint density at radius 2 is 2.00 bits per heavy atom. The van der Waals surface area contributed by atoms with Gasteiger partial charge >= 0.3 is 0 Å². The van der Waals surface area contributed by atoms with Gasteiger partial charge in [0, 0.05) is 12.1 Å². The van der Waals surface area contributed by atoms with Gasteiger partial charge in [-0.15, -0.1) is 0 Å². The molecule has 2 nitrogen and oxygen atoms in total. The zero-order valence-electron chi connectivity index (χ0n) is 9.79. The van der Waals surface area contributed by atoms with Crippen LogP contribution in [0.5, 0.6) is 0 Å². The van der Waals surface area contributed by atoms with E-state index in [1.807, 2.05) is 24.3 Å². The van der Waals surface area contributed by atoms with E-state index in [2.05, 4.69) is 18.3 Å². The summed E-state index contributed by atoms with van der Waals surface area (Å²) in [5.74, 6) is 0. The molecule has 0 heterocycles. The van der Waals surface area contributed by atoms with Crippen LogP contribution in [-0.2, 0) is 6.54 Å². The van der Waals surface area contributed by atoms with E-state index < -0.39 is 0 Å². The Kier molecular flexibility index (Phi) is 3.26. The zero-order chi connectivity index (χ0) is 11.4. The van der Waals surface area contributed by atoms with Gasteiger partial charge in [-0.2, -0.15) is 5.26 Å². The summed E-state index contributed by atoms with van der Waals surface area (Å²) in [4.78, 5) is 0. The molecule has 2 heteroatoms. The number of hydrogen-bond acceptors (Lipinski definition) is 2. The summed E-state index contributed by atoms with van der Waals surface area (Å²) in [5, 5.41) is 12.6. The van der Waals surface area contributed by atoms with Crippen molar-refractivity contribution in [2.75, 3.05) is 0 Å². The number of benzene rings is 1. The Labute approximate surface area is 97.3 Å². The van der Waals surface area contributed by atoms with Gasteiger partial charge in [-0.25, -0.2) is 0 Å². The van der Waals surface area contributed by atoms with Crippen molar-refractivity contribution in [3.8, 4) is 6.07 Å². The lowest BCUT2D eigenvalue weighted by atomic mass is 9.99. The minimum atomic E-state index is 0.280. The maximum atomic E-state index is 9.00. The first-order valence-corrected chi connectivity index (χ1v) is 5.97. The highest BCUT2D eigenvalue weighted by Crippen LogP contribution is 2.29. The van der Waals surface area contributed by atoms with Crippen molar-refractivity contribution in [1.82, 2.24) is 5.32 Å². The Balaban J connectivity index is 2.02. The molecular formula is C14H18N2. The fourth-order valence-electron chi connectivity index (χ4n) is 2.42. The molecule has 0 radical (unpaired) electrons. The largest absolute Gasteiger partial charge is 0.307 e.